The van der Waals surface area contributed by atoms with Crippen molar-refractivity contribution >= 4 is 60.9 Å². The predicted octanol–water partition coefficient (Wildman–Crippen LogP) is 7.38. The van der Waals surface area contributed by atoms with Crippen LogP contribution in [0.4, 0.5) is 5.69 Å². The Bertz CT molecular complexity index is 2090. The van der Waals surface area contributed by atoms with E-state index < -0.39 is 6.04 Å². The summed E-state index contributed by atoms with van der Waals surface area (Å²) in [5.41, 5.74) is 3.99. The molecule has 0 aliphatic carbocycles. The van der Waals surface area contributed by atoms with Crippen LogP contribution in [0.25, 0.3) is 6.08 Å². The van der Waals surface area contributed by atoms with Gasteiger partial charge in [0, 0.05) is 5.69 Å². The molecule has 0 saturated heterocycles. The molecule has 6 rings (SSSR count). The quantitative estimate of drug-likeness (QED) is 0.170. The number of anilines is 1. The number of benzene rings is 4. The van der Waals surface area contributed by atoms with Crippen LogP contribution in [0.15, 0.2) is 127 Å². The summed E-state index contributed by atoms with van der Waals surface area (Å²) in [5, 5.41) is 2.99. The number of ether oxygens (including phenoxy) is 2. The van der Waals surface area contributed by atoms with Crippen LogP contribution >= 0.6 is 43.2 Å². The molecule has 7 nitrogen and oxygen atoms in total. The molecule has 0 radical (unpaired) electrons. The summed E-state index contributed by atoms with van der Waals surface area (Å²) >= 11 is 8.57. The van der Waals surface area contributed by atoms with Crippen molar-refractivity contribution in [1.82, 2.24) is 4.57 Å². The van der Waals surface area contributed by atoms with Crippen LogP contribution < -0.4 is 29.7 Å². The van der Waals surface area contributed by atoms with Crippen molar-refractivity contribution in [3.05, 3.63) is 154 Å². The van der Waals surface area contributed by atoms with Crippen molar-refractivity contribution in [3.63, 3.8) is 0 Å². The average Bonchev–Trinajstić information content (AvgIpc) is 3.35. The van der Waals surface area contributed by atoms with Crippen molar-refractivity contribution in [2.24, 2.45) is 4.99 Å². The van der Waals surface area contributed by atoms with Crippen LogP contribution in [0.5, 0.6) is 11.5 Å². The van der Waals surface area contributed by atoms with E-state index in [0.29, 0.717) is 51.0 Å². The van der Waals surface area contributed by atoms with E-state index in [4.69, 9.17) is 14.5 Å². The minimum atomic E-state index is -0.690. The smallest absolute Gasteiger partial charge is 0.271 e. The third-order valence-corrected chi connectivity index (χ3v) is 9.51. The molecule has 1 atom stereocenters. The lowest BCUT2D eigenvalue weighted by Crippen LogP contribution is -2.40. The molecule has 46 heavy (non-hydrogen) atoms. The number of carbonyl (C=O) groups excluding carboxylic acids is 1. The van der Waals surface area contributed by atoms with Gasteiger partial charge in [-0.05, 0) is 105 Å². The Balaban J connectivity index is 1.40. The number of thiazole rings is 1. The van der Waals surface area contributed by atoms with Crippen LogP contribution in [-0.2, 0) is 11.4 Å². The minimum Gasteiger partial charge on any atom is -0.494 e. The number of fused-ring (bicyclic) bond motifs is 1. The fourth-order valence-electron chi connectivity index (χ4n) is 5.24. The number of nitrogens with one attached hydrogen (secondary N) is 1. The first-order valence-corrected chi connectivity index (χ1v) is 17.0. The van der Waals surface area contributed by atoms with Gasteiger partial charge in [-0.15, -0.1) is 0 Å². The van der Waals surface area contributed by atoms with Crippen LogP contribution in [0.2, 0.25) is 0 Å². The summed E-state index contributed by atoms with van der Waals surface area (Å²) in [6, 6.07) is 29.8. The molecule has 5 aromatic rings. The summed E-state index contributed by atoms with van der Waals surface area (Å²) in [6.07, 6.45) is 1.83. The van der Waals surface area contributed by atoms with Crippen molar-refractivity contribution in [3.8, 4) is 11.5 Å². The zero-order valence-electron chi connectivity index (χ0n) is 25.0. The fraction of sp³-hybridized carbons (Fsp3) is 0.139. The third kappa shape index (κ3) is 6.79. The molecule has 0 bridgehead atoms. The van der Waals surface area contributed by atoms with Crippen molar-refractivity contribution in [1.29, 1.82) is 0 Å². The maximum Gasteiger partial charge on any atom is 0.271 e. The normalized spacial score (nSPS) is 14.4. The lowest BCUT2D eigenvalue weighted by molar-refractivity contribution is -0.113. The highest BCUT2D eigenvalue weighted by Gasteiger charge is 2.32. The molecule has 1 N–H and O–H groups in total. The molecule has 4 aromatic carbocycles. The second-order valence-corrected chi connectivity index (χ2v) is 13.2. The molecular formula is C36H29Br2N3O4S. The average molecular weight is 760 g/mol. The molecule has 1 aliphatic heterocycles. The molecule has 0 unspecified atom stereocenters. The Morgan fingerprint density at radius 3 is 2.26 bits per heavy atom. The number of para-hydroxylation sites is 1. The lowest BCUT2D eigenvalue weighted by Gasteiger charge is -2.25. The van der Waals surface area contributed by atoms with Gasteiger partial charge in [-0.1, -0.05) is 72.0 Å². The Morgan fingerprint density at radius 2 is 1.61 bits per heavy atom. The number of nitrogens with zero attached hydrogens (tertiary/aromatic N) is 2. The Labute approximate surface area is 286 Å². The maximum absolute atomic E-state index is 14.2. The van der Waals surface area contributed by atoms with Crippen LogP contribution in [0.3, 0.4) is 0 Å². The molecule has 2 heterocycles. The minimum absolute atomic E-state index is 0.239. The number of aromatic nitrogens is 1. The van der Waals surface area contributed by atoms with E-state index in [-0.39, 0.29) is 11.5 Å². The first-order valence-electron chi connectivity index (χ1n) is 14.6. The fourth-order valence-corrected chi connectivity index (χ4v) is 7.74. The Morgan fingerprint density at radius 1 is 0.957 bits per heavy atom. The molecule has 1 aromatic heterocycles. The van der Waals surface area contributed by atoms with E-state index in [1.165, 1.54) is 11.3 Å². The first-order chi connectivity index (χ1) is 22.3. The zero-order chi connectivity index (χ0) is 32.2. The Kier molecular flexibility index (Phi) is 9.67. The number of carbonyl (C=O) groups is 1. The molecule has 0 spiro atoms. The number of allylic oxidation sites excluding steroid dienone is 1. The Hall–Kier alpha value is -4.25. The first kappa shape index (κ1) is 31.7. The second kappa shape index (κ2) is 14.0. The molecule has 10 heteroatoms. The number of rotatable bonds is 9. The van der Waals surface area contributed by atoms with Gasteiger partial charge in [0.1, 0.15) is 18.1 Å². The summed E-state index contributed by atoms with van der Waals surface area (Å²) < 4.78 is 15.3. The van der Waals surface area contributed by atoms with Crippen LogP contribution in [-0.4, -0.2) is 17.1 Å². The van der Waals surface area contributed by atoms with Crippen LogP contribution in [0, 0.1) is 0 Å². The van der Waals surface area contributed by atoms with E-state index in [0.717, 1.165) is 25.6 Å². The highest BCUT2D eigenvalue weighted by Crippen LogP contribution is 2.36. The summed E-state index contributed by atoms with van der Waals surface area (Å²) in [6.45, 7) is 4.68. The number of amides is 1. The number of hydrogen-bond acceptors (Lipinski definition) is 6. The van der Waals surface area contributed by atoms with Crippen molar-refractivity contribution in [2.75, 3.05) is 11.9 Å². The van der Waals surface area contributed by atoms with Gasteiger partial charge in [0.2, 0.25) is 0 Å². The van der Waals surface area contributed by atoms with E-state index in [1.54, 1.807) is 11.5 Å². The van der Waals surface area contributed by atoms with Gasteiger partial charge < -0.3 is 14.8 Å². The lowest BCUT2D eigenvalue weighted by atomic mass is 9.95. The van der Waals surface area contributed by atoms with E-state index in [2.05, 4.69) is 37.2 Å². The summed E-state index contributed by atoms with van der Waals surface area (Å²) in [7, 11) is 0. The van der Waals surface area contributed by atoms with Gasteiger partial charge in [0.05, 0.1) is 37.4 Å². The topological polar surface area (TPSA) is 81.9 Å². The highest BCUT2D eigenvalue weighted by atomic mass is 79.9. The standard InChI is InChI=1S/C36H29Br2N3O4S/c1-3-44-27-16-14-25(15-17-27)32-31(34(42)40-26-12-8-5-9-13-26)22(2)39-36-41(32)35(43)30(46-36)20-24-18-28(37)33(29(38)19-24)45-21-23-10-6-4-7-11-23/h4-20,32H,3,21H2,1-2H3,(H,40,42)/b30-20-/t32-/m1/s1. The monoisotopic (exact) mass is 757 g/mol. The molecule has 1 aliphatic rings. The van der Waals surface area contributed by atoms with E-state index in [9.17, 15) is 9.59 Å². The van der Waals surface area contributed by atoms with Crippen molar-refractivity contribution in [2.45, 2.75) is 26.5 Å². The van der Waals surface area contributed by atoms with E-state index >= 15 is 0 Å². The van der Waals surface area contributed by atoms with Crippen molar-refractivity contribution < 1.29 is 14.3 Å². The van der Waals surface area contributed by atoms with E-state index in [1.807, 2.05) is 110 Å². The van der Waals surface area contributed by atoms with Gasteiger partial charge in [-0.25, -0.2) is 4.99 Å². The van der Waals surface area contributed by atoms with Gasteiger partial charge in [0.15, 0.2) is 4.80 Å². The third-order valence-electron chi connectivity index (χ3n) is 7.35. The highest BCUT2D eigenvalue weighted by molar-refractivity contribution is 9.11. The molecule has 0 fully saturated rings. The van der Waals surface area contributed by atoms with Gasteiger partial charge in [-0.2, -0.15) is 0 Å². The largest absolute Gasteiger partial charge is 0.494 e. The number of hydrogen-bond donors (Lipinski definition) is 1. The second-order valence-electron chi connectivity index (χ2n) is 10.5. The number of halogens is 2. The SMILES string of the molecule is CCOc1ccc([C@@H]2C(C(=O)Nc3ccccc3)=C(C)N=c3s/c(=C\c4cc(Br)c(OCc5ccccc5)c(Br)c4)c(=O)n32)cc1. The molecule has 0 saturated carbocycles. The van der Waals surface area contributed by atoms with Gasteiger partial charge in [-0.3, -0.25) is 14.2 Å². The predicted molar refractivity (Wildman–Crippen MR) is 189 cm³/mol. The maximum atomic E-state index is 14.2. The molecule has 1 amide bonds. The summed E-state index contributed by atoms with van der Waals surface area (Å²) in [5.74, 6) is 1.06. The van der Waals surface area contributed by atoms with Crippen LogP contribution in [0.1, 0.15) is 36.6 Å². The van der Waals surface area contributed by atoms with Gasteiger partial charge >= 0.3 is 0 Å². The summed E-state index contributed by atoms with van der Waals surface area (Å²) in [4.78, 5) is 33.2. The van der Waals surface area contributed by atoms with Gasteiger partial charge in [0.25, 0.3) is 11.5 Å². The zero-order valence-corrected chi connectivity index (χ0v) is 29.0. The molecular weight excluding hydrogens is 730 g/mol. The molecule has 232 valence electrons.